The van der Waals surface area contributed by atoms with Gasteiger partial charge in [-0.25, -0.2) is 0 Å². The number of nitrogens with two attached hydrogens (primary N) is 1. The average molecular weight is 565 g/mol. The van der Waals surface area contributed by atoms with Crippen molar-refractivity contribution in [1.29, 1.82) is 0 Å². The summed E-state index contributed by atoms with van der Waals surface area (Å²) < 4.78 is 10.7. The summed E-state index contributed by atoms with van der Waals surface area (Å²) in [6, 6.07) is 24.3. The van der Waals surface area contributed by atoms with Gasteiger partial charge < -0.3 is 30.4 Å². The van der Waals surface area contributed by atoms with Crippen molar-refractivity contribution in [3.63, 3.8) is 0 Å². The van der Waals surface area contributed by atoms with Gasteiger partial charge in [-0.1, -0.05) is 30.3 Å². The Morgan fingerprint density at radius 1 is 0.857 bits per heavy atom. The molecule has 5 rings (SSSR count). The van der Waals surface area contributed by atoms with Gasteiger partial charge in [0.2, 0.25) is 0 Å². The van der Waals surface area contributed by atoms with E-state index in [-0.39, 0.29) is 11.3 Å². The second-order valence-electron chi connectivity index (χ2n) is 10.5. The van der Waals surface area contributed by atoms with Crippen LogP contribution in [0.4, 0.5) is 11.4 Å². The standard InChI is InChI=1S/C34H36N4O4/c1-38(21-23-15-18-29(41-2)30(20-23)42-3)19-5-4-8-22-13-16-24(17-14-22)36-34(40)27-11-6-9-25-31(27)37-32-26(33(25)39)10-7-12-28(32)35/h6-7,9-18,20H,4-5,8,19,21,35H2,1-3H3,(H,36,40)(H,37,39). The first-order valence-corrected chi connectivity index (χ1v) is 14.0. The summed E-state index contributed by atoms with van der Waals surface area (Å²) in [5.41, 5.74) is 10.9. The van der Waals surface area contributed by atoms with Gasteiger partial charge in [0.15, 0.2) is 16.9 Å². The van der Waals surface area contributed by atoms with E-state index in [0.29, 0.717) is 38.7 Å². The van der Waals surface area contributed by atoms with Crippen molar-refractivity contribution in [3.8, 4) is 11.5 Å². The molecule has 0 radical (unpaired) electrons. The number of amides is 1. The Labute approximate surface area is 245 Å². The first-order valence-electron chi connectivity index (χ1n) is 14.0. The molecule has 4 aromatic carbocycles. The Morgan fingerprint density at radius 2 is 1.55 bits per heavy atom. The zero-order chi connectivity index (χ0) is 29.6. The Balaban J connectivity index is 1.16. The van der Waals surface area contributed by atoms with Gasteiger partial charge in [0, 0.05) is 23.0 Å². The van der Waals surface area contributed by atoms with Crippen molar-refractivity contribution in [2.24, 2.45) is 0 Å². The molecule has 1 heterocycles. The monoisotopic (exact) mass is 564 g/mol. The second kappa shape index (κ2) is 12.8. The molecule has 0 aliphatic heterocycles. The number of nitrogens with zero attached hydrogens (tertiary/aromatic N) is 1. The van der Waals surface area contributed by atoms with E-state index in [1.54, 1.807) is 50.6 Å². The topological polar surface area (TPSA) is 110 Å². The lowest BCUT2D eigenvalue weighted by Crippen LogP contribution is -2.19. The summed E-state index contributed by atoms with van der Waals surface area (Å²) in [7, 11) is 5.41. The van der Waals surface area contributed by atoms with E-state index in [1.807, 2.05) is 36.4 Å². The molecular formula is C34H36N4O4. The molecule has 1 aromatic heterocycles. The minimum atomic E-state index is -0.296. The first-order chi connectivity index (χ1) is 20.4. The molecule has 0 unspecified atom stereocenters. The lowest BCUT2D eigenvalue weighted by molar-refractivity contribution is 0.102. The number of rotatable bonds is 11. The highest BCUT2D eigenvalue weighted by atomic mass is 16.5. The molecule has 0 spiro atoms. The van der Waals surface area contributed by atoms with E-state index in [4.69, 9.17) is 15.2 Å². The lowest BCUT2D eigenvalue weighted by Gasteiger charge is -2.18. The molecule has 216 valence electrons. The summed E-state index contributed by atoms with van der Waals surface area (Å²) in [4.78, 5) is 31.8. The Bertz CT molecular complexity index is 1780. The van der Waals surface area contributed by atoms with Gasteiger partial charge in [0.25, 0.3) is 5.91 Å². The fraction of sp³-hybridized carbons (Fsp3) is 0.235. The van der Waals surface area contributed by atoms with Gasteiger partial charge >= 0.3 is 0 Å². The van der Waals surface area contributed by atoms with Crippen molar-refractivity contribution >= 4 is 39.1 Å². The molecule has 0 bridgehead atoms. The first kappa shape index (κ1) is 28.7. The van der Waals surface area contributed by atoms with Crippen molar-refractivity contribution < 1.29 is 14.3 Å². The van der Waals surface area contributed by atoms with Crippen molar-refractivity contribution in [3.05, 3.63) is 106 Å². The number of aromatic amines is 1. The number of hydrogen-bond acceptors (Lipinski definition) is 6. The Morgan fingerprint density at radius 3 is 2.29 bits per heavy atom. The maximum Gasteiger partial charge on any atom is 0.257 e. The number of methoxy groups -OCH3 is 2. The minimum Gasteiger partial charge on any atom is -0.493 e. The fourth-order valence-electron chi connectivity index (χ4n) is 5.27. The van der Waals surface area contributed by atoms with E-state index >= 15 is 0 Å². The number of benzene rings is 4. The number of para-hydroxylation sites is 2. The van der Waals surface area contributed by atoms with Crippen LogP contribution in [0.25, 0.3) is 21.8 Å². The normalized spacial score (nSPS) is 11.2. The predicted octanol–water partition coefficient (Wildman–Crippen LogP) is 5.99. The number of nitrogens with one attached hydrogen (secondary N) is 2. The summed E-state index contributed by atoms with van der Waals surface area (Å²) in [6.07, 6.45) is 3.08. The number of ether oxygens (including phenoxy) is 2. The third kappa shape index (κ3) is 6.24. The number of carbonyl (C=O) groups is 1. The lowest BCUT2D eigenvalue weighted by atomic mass is 10.0. The maximum atomic E-state index is 13.2. The van der Waals surface area contributed by atoms with Crippen LogP contribution in [0, 0.1) is 0 Å². The molecule has 0 aliphatic carbocycles. The molecule has 5 aromatic rings. The molecule has 8 nitrogen and oxygen atoms in total. The molecular weight excluding hydrogens is 528 g/mol. The molecule has 0 saturated heterocycles. The summed E-state index contributed by atoms with van der Waals surface area (Å²) >= 11 is 0. The summed E-state index contributed by atoms with van der Waals surface area (Å²) in [5.74, 6) is 1.18. The van der Waals surface area contributed by atoms with E-state index in [9.17, 15) is 9.59 Å². The average Bonchev–Trinajstić information content (AvgIpc) is 3.00. The van der Waals surface area contributed by atoms with Crippen LogP contribution in [0.3, 0.4) is 0 Å². The van der Waals surface area contributed by atoms with Crippen LogP contribution < -0.4 is 26.0 Å². The number of pyridine rings is 1. The number of hydrogen-bond donors (Lipinski definition) is 3. The van der Waals surface area contributed by atoms with Gasteiger partial charge in [0.1, 0.15) is 0 Å². The number of carbonyl (C=O) groups excluding carboxylic acids is 1. The molecule has 8 heteroatoms. The fourth-order valence-corrected chi connectivity index (χ4v) is 5.27. The van der Waals surface area contributed by atoms with Gasteiger partial charge in [-0.05, 0) is 92.5 Å². The highest BCUT2D eigenvalue weighted by molar-refractivity contribution is 6.13. The molecule has 0 atom stereocenters. The number of H-pyrrole nitrogens is 1. The van der Waals surface area contributed by atoms with E-state index in [2.05, 4.69) is 28.3 Å². The number of fused-ring (bicyclic) bond motifs is 2. The van der Waals surface area contributed by atoms with Crippen LogP contribution in [-0.4, -0.2) is 43.6 Å². The second-order valence-corrected chi connectivity index (χ2v) is 10.5. The maximum absolute atomic E-state index is 13.2. The number of unbranched alkanes of at least 4 members (excludes halogenated alkanes) is 1. The zero-order valence-electron chi connectivity index (χ0n) is 24.2. The molecule has 0 saturated carbocycles. The van der Waals surface area contributed by atoms with Crippen LogP contribution >= 0.6 is 0 Å². The van der Waals surface area contributed by atoms with Gasteiger partial charge in [0.05, 0.1) is 36.5 Å². The van der Waals surface area contributed by atoms with Crippen LogP contribution in [0.5, 0.6) is 11.5 Å². The largest absolute Gasteiger partial charge is 0.493 e. The SMILES string of the molecule is COc1ccc(CN(C)CCCCc2ccc(NC(=O)c3cccc4c(=O)c5cccc(N)c5[nH]c34)cc2)cc1OC. The smallest absolute Gasteiger partial charge is 0.257 e. The van der Waals surface area contributed by atoms with Crippen molar-refractivity contribution in [2.45, 2.75) is 25.8 Å². The highest BCUT2D eigenvalue weighted by Crippen LogP contribution is 2.28. The van der Waals surface area contributed by atoms with E-state index < -0.39 is 0 Å². The van der Waals surface area contributed by atoms with E-state index in [1.165, 1.54) is 11.1 Å². The van der Waals surface area contributed by atoms with Crippen LogP contribution in [0.2, 0.25) is 0 Å². The Hall–Kier alpha value is -4.82. The number of aromatic nitrogens is 1. The molecule has 4 N–H and O–H groups in total. The molecule has 42 heavy (non-hydrogen) atoms. The molecule has 0 fully saturated rings. The third-order valence-electron chi connectivity index (χ3n) is 7.51. The highest BCUT2D eigenvalue weighted by Gasteiger charge is 2.15. The van der Waals surface area contributed by atoms with E-state index in [0.717, 1.165) is 43.9 Å². The van der Waals surface area contributed by atoms with Crippen LogP contribution in [0.15, 0.2) is 83.7 Å². The third-order valence-corrected chi connectivity index (χ3v) is 7.51. The Kier molecular flexibility index (Phi) is 8.74. The summed E-state index contributed by atoms with van der Waals surface area (Å²) in [6.45, 7) is 1.82. The molecule has 0 aliphatic rings. The number of nitrogen functional groups attached to an aromatic ring is 1. The van der Waals surface area contributed by atoms with Gasteiger partial charge in [-0.3, -0.25) is 9.59 Å². The van der Waals surface area contributed by atoms with Crippen LogP contribution in [0.1, 0.15) is 34.3 Å². The zero-order valence-corrected chi connectivity index (χ0v) is 24.2. The quantitative estimate of drug-likeness (QED) is 0.103. The summed E-state index contributed by atoms with van der Waals surface area (Å²) in [5, 5.41) is 3.91. The van der Waals surface area contributed by atoms with Crippen molar-refractivity contribution in [2.75, 3.05) is 38.9 Å². The van der Waals surface area contributed by atoms with Crippen molar-refractivity contribution in [1.82, 2.24) is 9.88 Å². The number of anilines is 2. The minimum absolute atomic E-state index is 0.155. The van der Waals surface area contributed by atoms with Crippen LogP contribution in [-0.2, 0) is 13.0 Å². The predicted molar refractivity (Wildman–Crippen MR) is 170 cm³/mol. The van der Waals surface area contributed by atoms with Gasteiger partial charge in [-0.15, -0.1) is 0 Å². The molecule has 1 amide bonds. The number of aryl methyl sites for hydroxylation is 1. The van der Waals surface area contributed by atoms with Gasteiger partial charge in [-0.2, -0.15) is 0 Å².